The summed E-state index contributed by atoms with van der Waals surface area (Å²) in [5, 5.41) is 2.53. The molecule has 0 aliphatic rings. The molecule has 0 saturated heterocycles. The summed E-state index contributed by atoms with van der Waals surface area (Å²) in [6.07, 6.45) is 0. The molecule has 7 aromatic rings. The van der Waals surface area contributed by atoms with Crippen LogP contribution in [0.25, 0.3) is 61.1 Å². The molecule has 0 unspecified atom stereocenters. The molecule has 0 amide bonds. The Kier molecular flexibility index (Phi) is 5.37. The molecule has 0 atom stereocenters. The number of benzene rings is 5. The second-order valence-electron chi connectivity index (χ2n) is 9.78. The molecule has 2 nitrogen and oxygen atoms in total. The third-order valence-corrected chi connectivity index (χ3v) is 7.23. The predicted molar refractivity (Wildman–Crippen MR) is 160 cm³/mol. The summed E-state index contributed by atoms with van der Waals surface area (Å²) >= 11 is 0. The first-order chi connectivity index (χ1) is 18.7. The lowest BCUT2D eigenvalue weighted by atomic mass is 9.99. The van der Waals surface area contributed by atoms with Gasteiger partial charge in [0.05, 0.1) is 22.4 Å². The Morgan fingerprint density at radius 3 is 1.66 bits per heavy atom. The lowest BCUT2D eigenvalue weighted by Gasteiger charge is -2.13. The van der Waals surface area contributed by atoms with Crippen molar-refractivity contribution in [3.8, 4) is 39.3 Å². The van der Waals surface area contributed by atoms with Crippen molar-refractivity contribution in [3.63, 3.8) is 0 Å². The third kappa shape index (κ3) is 3.88. The van der Waals surface area contributed by atoms with Gasteiger partial charge in [0.1, 0.15) is 0 Å². The van der Waals surface area contributed by atoms with Crippen molar-refractivity contribution < 1.29 is 0 Å². The smallest absolute Gasteiger partial charge is 0.0716 e. The van der Waals surface area contributed by atoms with Gasteiger partial charge >= 0.3 is 0 Å². The van der Waals surface area contributed by atoms with Crippen molar-refractivity contribution in [2.75, 3.05) is 0 Å². The number of pyridine rings is 1. The number of hydrogen-bond donors (Lipinski definition) is 0. The summed E-state index contributed by atoms with van der Waals surface area (Å²) in [6, 6.07) is 49.5. The maximum atomic E-state index is 5.18. The molecule has 0 aliphatic heterocycles. The summed E-state index contributed by atoms with van der Waals surface area (Å²) in [5.74, 6) is 0. The predicted octanol–water partition coefficient (Wildman–Crippen LogP) is 9.49. The van der Waals surface area contributed by atoms with Crippen LogP contribution in [0.3, 0.4) is 0 Å². The van der Waals surface area contributed by atoms with Gasteiger partial charge in [-0.25, -0.2) is 4.98 Å². The fraction of sp³-hybridized carbons (Fsp3) is 0.0278. The molecule has 0 N–H and O–H groups in total. The molecule has 38 heavy (non-hydrogen) atoms. The number of para-hydroxylation sites is 2. The minimum absolute atomic E-state index is 0.963. The van der Waals surface area contributed by atoms with Crippen molar-refractivity contribution in [2.24, 2.45) is 0 Å². The van der Waals surface area contributed by atoms with E-state index in [4.69, 9.17) is 4.98 Å². The minimum Gasteiger partial charge on any atom is -0.309 e. The Morgan fingerprint density at radius 2 is 1.00 bits per heavy atom. The Balaban J connectivity index is 1.44. The van der Waals surface area contributed by atoms with Crippen LogP contribution in [0.15, 0.2) is 140 Å². The summed E-state index contributed by atoms with van der Waals surface area (Å²) in [5.41, 5.74) is 11.3. The van der Waals surface area contributed by atoms with Gasteiger partial charge in [-0.05, 0) is 60.5 Å². The number of nitrogens with zero attached hydrogens (tertiary/aromatic N) is 2. The van der Waals surface area contributed by atoms with Gasteiger partial charge < -0.3 is 4.57 Å². The first kappa shape index (κ1) is 22.3. The zero-order valence-corrected chi connectivity index (χ0v) is 21.2. The largest absolute Gasteiger partial charge is 0.309 e. The molecule has 2 heterocycles. The fourth-order valence-electron chi connectivity index (χ4n) is 5.43. The lowest BCUT2D eigenvalue weighted by Crippen LogP contribution is -1.96. The van der Waals surface area contributed by atoms with Gasteiger partial charge in [0.25, 0.3) is 0 Å². The molecule has 0 fully saturated rings. The van der Waals surface area contributed by atoms with Crippen LogP contribution in [0.5, 0.6) is 0 Å². The Bertz CT molecular complexity index is 1880. The van der Waals surface area contributed by atoms with Gasteiger partial charge in [0.15, 0.2) is 0 Å². The topological polar surface area (TPSA) is 17.8 Å². The first-order valence-corrected chi connectivity index (χ1v) is 13.0. The van der Waals surface area contributed by atoms with Crippen LogP contribution >= 0.6 is 0 Å². The second kappa shape index (κ2) is 9.17. The Labute approximate surface area is 222 Å². The zero-order chi connectivity index (χ0) is 25.5. The van der Waals surface area contributed by atoms with Crippen LogP contribution in [0.2, 0.25) is 0 Å². The monoisotopic (exact) mass is 486 g/mol. The average molecular weight is 487 g/mol. The van der Waals surface area contributed by atoms with E-state index in [0.29, 0.717) is 0 Å². The maximum absolute atomic E-state index is 5.18. The lowest BCUT2D eigenvalue weighted by molar-refractivity contribution is 1.18. The standard InChI is InChI=1S/C36H26N2/c1-25-11-9-14-27(21-25)33-23-29(26-12-3-2-4-13-26)24-34(37-33)28-15-10-16-30(22-28)38-35-19-7-5-17-31(35)32-18-6-8-20-36(32)38/h2-24H,1H3. The van der Waals surface area contributed by atoms with Gasteiger partial charge in [-0.15, -0.1) is 0 Å². The molecule has 2 aromatic heterocycles. The maximum Gasteiger partial charge on any atom is 0.0716 e. The van der Waals surface area contributed by atoms with Crippen LogP contribution < -0.4 is 0 Å². The number of rotatable bonds is 4. The molecule has 7 rings (SSSR count). The normalized spacial score (nSPS) is 11.3. The van der Waals surface area contributed by atoms with Crippen molar-refractivity contribution in [2.45, 2.75) is 6.92 Å². The molecule has 0 spiro atoms. The molecular formula is C36H26N2. The Morgan fingerprint density at radius 1 is 0.447 bits per heavy atom. The zero-order valence-electron chi connectivity index (χ0n) is 21.2. The quantitative estimate of drug-likeness (QED) is 0.242. The van der Waals surface area contributed by atoms with Crippen LogP contribution in [-0.2, 0) is 0 Å². The Hall–Kier alpha value is -4.95. The highest BCUT2D eigenvalue weighted by molar-refractivity contribution is 6.09. The van der Waals surface area contributed by atoms with E-state index in [1.54, 1.807) is 0 Å². The van der Waals surface area contributed by atoms with Crippen LogP contribution in [0, 0.1) is 6.92 Å². The highest BCUT2D eigenvalue weighted by atomic mass is 15.0. The molecule has 2 heteroatoms. The van der Waals surface area contributed by atoms with E-state index in [9.17, 15) is 0 Å². The van der Waals surface area contributed by atoms with Gasteiger partial charge in [0, 0.05) is 27.6 Å². The molecule has 0 saturated carbocycles. The van der Waals surface area contributed by atoms with E-state index >= 15 is 0 Å². The van der Waals surface area contributed by atoms with E-state index in [-0.39, 0.29) is 0 Å². The van der Waals surface area contributed by atoms with Crippen molar-refractivity contribution in [1.82, 2.24) is 9.55 Å². The summed E-state index contributed by atoms with van der Waals surface area (Å²) in [4.78, 5) is 5.18. The molecular weight excluding hydrogens is 460 g/mol. The first-order valence-electron chi connectivity index (χ1n) is 13.0. The van der Waals surface area contributed by atoms with Gasteiger partial charge in [-0.1, -0.05) is 103 Å². The highest BCUT2D eigenvalue weighted by Crippen LogP contribution is 2.34. The third-order valence-electron chi connectivity index (χ3n) is 7.23. The van der Waals surface area contributed by atoms with Crippen molar-refractivity contribution in [1.29, 1.82) is 0 Å². The van der Waals surface area contributed by atoms with Crippen LogP contribution in [0.4, 0.5) is 0 Å². The average Bonchev–Trinajstić information content (AvgIpc) is 3.32. The molecule has 5 aromatic carbocycles. The number of aromatic nitrogens is 2. The van der Waals surface area contributed by atoms with Gasteiger partial charge in [-0.3, -0.25) is 0 Å². The van der Waals surface area contributed by atoms with Gasteiger partial charge in [0.2, 0.25) is 0 Å². The summed E-state index contributed by atoms with van der Waals surface area (Å²) in [6.45, 7) is 2.13. The van der Waals surface area contributed by atoms with Crippen molar-refractivity contribution in [3.05, 3.63) is 145 Å². The minimum atomic E-state index is 0.963. The van der Waals surface area contributed by atoms with Crippen LogP contribution in [-0.4, -0.2) is 9.55 Å². The van der Waals surface area contributed by atoms with E-state index < -0.39 is 0 Å². The summed E-state index contributed by atoms with van der Waals surface area (Å²) < 4.78 is 2.36. The molecule has 0 radical (unpaired) electrons. The molecule has 0 bridgehead atoms. The summed E-state index contributed by atoms with van der Waals surface area (Å²) in [7, 11) is 0. The van der Waals surface area contributed by atoms with Crippen LogP contribution in [0.1, 0.15) is 5.56 Å². The highest BCUT2D eigenvalue weighted by Gasteiger charge is 2.14. The fourth-order valence-corrected chi connectivity index (χ4v) is 5.43. The second-order valence-corrected chi connectivity index (χ2v) is 9.78. The SMILES string of the molecule is Cc1cccc(-c2cc(-c3ccccc3)cc(-c3cccc(-n4c5ccccc5c5ccccc54)c3)n2)c1. The number of hydrogen-bond acceptors (Lipinski definition) is 1. The molecule has 0 aliphatic carbocycles. The number of aryl methyl sites for hydroxylation is 1. The van der Waals surface area contributed by atoms with Gasteiger partial charge in [-0.2, -0.15) is 0 Å². The number of fused-ring (bicyclic) bond motifs is 3. The van der Waals surface area contributed by atoms with E-state index in [0.717, 1.165) is 33.8 Å². The van der Waals surface area contributed by atoms with E-state index in [2.05, 4.69) is 151 Å². The van der Waals surface area contributed by atoms with Crippen molar-refractivity contribution >= 4 is 21.8 Å². The van der Waals surface area contributed by atoms with E-state index in [1.165, 1.54) is 32.9 Å². The van der Waals surface area contributed by atoms with E-state index in [1.807, 2.05) is 0 Å². The molecule has 180 valence electrons.